The summed E-state index contributed by atoms with van der Waals surface area (Å²) in [5, 5.41) is 3.46. The highest BCUT2D eigenvalue weighted by Gasteiger charge is 2.10. The Labute approximate surface area is 120 Å². The first-order chi connectivity index (χ1) is 9.21. The molecule has 0 saturated heterocycles. The maximum atomic E-state index is 13.6. The molecule has 2 nitrogen and oxygen atoms in total. The van der Waals surface area contributed by atoms with Crippen LogP contribution in [0.3, 0.4) is 0 Å². The van der Waals surface area contributed by atoms with Crippen LogP contribution in [-0.4, -0.2) is 31.2 Å². The molecule has 0 aliphatic heterocycles. The Balaban J connectivity index is 2.59. The van der Waals surface area contributed by atoms with Crippen molar-refractivity contribution in [3.63, 3.8) is 0 Å². The van der Waals surface area contributed by atoms with E-state index in [-0.39, 0.29) is 5.82 Å². The summed E-state index contributed by atoms with van der Waals surface area (Å²) in [6.07, 6.45) is 2.05. The molecule has 19 heavy (non-hydrogen) atoms. The molecule has 1 rings (SSSR count). The summed E-state index contributed by atoms with van der Waals surface area (Å²) >= 11 is 1.95. The summed E-state index contributed by atoms with van der Waals surface area (Å²) in [5.74, 6) is 2.27. The van der Waals surface area contributed by atoms with E-state index < -0.39 is 0 Å². The molecule has 0 aliphatic carbocycles. The van der Waals surface area contributed by atoms with Crippen LogP contribution >= 0.6 is 11.8 Å². The minimum atomic E-state index is -0.281. The lowest BCUT2D eigenvalue weighted by Crippen LogP contribution is -2.33. The van der Waals surface area contributed by atoms with E-state index >= 15 is 0 Å². The molecule has 0 radical (unpaired) electrons. The van der Waals surface area contributed by atoms with Crippen molar-refractivity contribution in [3.8, 4) is 5.75 Å². The predicted molar refractivity (Wildman–Crippen MR) is 81.7 cm³/mol. The number of ether oxygens (including phenoxy) is 1. The molecule has 0 bridgehead atoms. The van der Waals surface area contributed by atoms with E-state index in [9.17, 15) is 4.39 Å². The van der Waals surface area contributed by atoms with Crippen molar-refractivity contribution >= 4 is 11.8 Å². The lowest BCUT2D eigenvalue weighted by Gasteiger charge is -2.18. The maximum absolute atomic E-state index is 13.6. The molecule has 0 aliphatic rings. The number of thioether (sulfide) groups is 1. The van der Waals surface area contributed by atoms with Crippen LogP contribution in [0, 0.1) is 5.82 Å². The van der Waals surface area contributed by atoms with Crippen LogP contribution in [0.15, 0.2) is 18.2 Å². The normalized spacial score (nSPS) is 12.4. The Morgan fingerprint density at radius 3 is 2.74 bits per heavy atom. The van der Waals surface area contributed by atoms with Crippen LogP contribution in [0.4, 0.5) is 4.39 Å². The highest BCUT2D eigenvalue weighted by atomic mass is 32.2. The van der Waals surface area contributed by atoms with Crippen molar-refractivity contribution in [1.82, 2.24) is 5.32 Å². The van der Waals surface area contributed by atoms with Crippen molar-refractivity contribution in [2.24, 2.45) is 0 Å². The molecular formula is C15H24FNOS. The maximum Gasteiger partial charge on any atom is 0.165 e. The fraction of sp³-hybridized carbons (Fsp3) is 0.600. The Morgan fingerprint density at radius 1 is 1.37 bits per heavy atom. The lowest BCUT2D eigenvalue weighted by atomic mass is 10.1. The Bertz CT molecular complexity index is 373. The number of methoxy groups -OCH3 is 1. The fourth-order valence-electron chi connectivity index (χ4n) is 1.97. The second-order valence-corrected chi connectivity index (χ2v) is 5.65. The first-order valence-corrected chi connectivity index (χ1v) is 8.00. The minimum absolute atomic E-state index is 0.281. The zero-order chi connectivity index (χ0) is 14.1. The third-order valence-electron chi connectivity index (χ3n) is 2.86. The van der Waals surface area contributed by atoms with Gasteiger partial charge in [0.2, 0.25) is 0 Å². The molecule has 0 amide bonds. The summed E-state index contributed by atoms with van der Waals surface area (Å²) in [4.78, 5) is 0. The summed E-state index contributed by atoms with van der Waals surface area (Å²) in [6.45, 7) is 5.23. The van der Waals surface area contributed by atoms with Crippen LogP contribution in [0.5, 0.6) is 5.75 Å². The van der Waals surface area contributed by atoms with E-state index in [1.165, 1.54) is 19.3 Å². The Morgan fingerprint density at radius 2 is 2.16 bits per heavy atom. The van der Waals surface area contributed by atoms with Crippen molar-refractivity contribution in [2.45, 2.75) is 32.7 Å². The lowest BCUT2D eigenvalue weighted by molar-refractivity contribution is 0.386. The smallest absolute Gasteiger partial charge is 0.165 e. The van der Waals surface area contributed by atoms with E-state index in [1.807, 2.05) is 17.8 Å². The summed E-state index contributed by atoms with van der Waals surface area (Å²) in [5.41, 5.74) is 1.02. The number of hydrogen-bond donors (Lipinski definition) is 1. The van der Waals surface area contributed by atoms with Crippen molar-refractivity contribution in [3.05, 3.63) is 29.6 Å². The van der Waals surface area contributed by atoms with Gasteiger partial charge in [-0.25, -0.2) is 4.39 Å². The average molecular weight is 285 g/mol. The van der Waals surface area contributed by atoms with E-state index in [0.29, 0.717) is 11.8 Å². The molecule has 1 unspecified atom stereocenters. The van der Waals surface area contributed by atoms with Gasteiger partial charge in [0.15, 0.2) is 11.6 Å². The Hall–Kier alpha value is -0.740. The van der Waals surface area contributed by atoms with Crippen LogP contribution in [0.1, 0.15) is 25.8 Å². The average Bonchev–Trinajstić information content (AvgIpc) is 2.39. The van der Waals surface area contributed by atoms with Gasteiger partial charge < -0.3 is 10.1 Å². The molecule has 1 aromatic carbocycles. The summed E-state index contributed by atoms with van der Waals surface area (Å²) in [7, 11) is 1.49. The van der Waals surface area contributed by atoms with E-state index in [0.717, 1.165) is 24.3 Å². The molecule has 0 fully saturated rings. The van der Waals surface area contributed by atoms with Gasteiger partial charge in [-0.1, -0.05) is 19.9 Å². The molecule has 1 atom stereocenters. The largest absolute Gasteiger partial charge is 0.494 e. The van der Waals surface area contributed by atoms with Gasteiger partial charge in [-0.2, -0.15) is 11.8 Å². The first kappa shape index (κ1) is 16.3. The fourth-order valence-corrected chi connectivity index (χ4v) is 2.95. The molecular weight excluding hydrogens is 261 g/mol. The van der Waals surface area contributed by atoms with Gasteiger partial charge >= 0.3 is 0 Å². The van der Waals surface area contributed by atoms with Gasteiger partial charge in [0.1, 0.15) is 0 Å². The number of nitrogens with one attached hydrogen (secondary N) is 1. The van der Waals surface area contributed by atoms with Gasteiger partial charge in [-0.3, -0.25) is 0 Å². The molecule has 108 valence electrons. The summed E-state index contributed by atoms with van der Waals surface area (Å²) < 4.78 is 18.6. The molecule has 0 aromatic heterocycles. The molecule has 0 spiro atoms. The molecule has 4 heteroatoms. The molecule has 0 heterocycles. The second kappa shape index (κ2) is 9.21. The van der Waals surface area contributed by atoms with Gasteiger partial charge in [-0.15, -0.1) is 0 Å². The number of rotatable bonds is 9. The van der Waals surface area contributed by atoms with Crippen molar-refractivity contribution in [1.29, 1.82) is 0 Å². The van der Waals surface area contributed by atoms with Gasteiger partial charge in [-0.05, 0) is 42.8 Å². The Kier molecular flexibility index (Phi) is 7.91. The first-order valence-electron chi connectivity index (χ1n) is 6.84. The third-order valence-corrected chi connectivity index (χ3v) is 4.19. The molecule has 0 saturated carbocycles. The van der Waals surface area contributed by atoms with Crippen molar-refractivity contribution in [2.75, 3.05) is 25.2 Å². The van der Waals surface area contributed by atoms with E-state index in [2.05, 4.69) is 19.2 Å². The highest BCUT2D eigenvalue weighted by molar-refractivity contribution is 7.99. The number of benzene rings is 1. The van der Waals surface area contributed by atoms with Crippen molar-refractivity contribution < 1.29 is 9.13 Å². The number of hydrogen-bond acceptors (Lipinski definition) is 3. The standard InChI is InChI=1S/C15H24FNOS/c1-4-8-19-11-13(17-5-2)9-12-6-7-15(18-3)14(16)10-12/h6-7,10,13,17H,4-5,8-9,11H2,1-3H3. The zero-order valence-corrected chi connectivity index (χ0v) is 12.9. The second-order valence-electron chi connectivity index (χ2n) is 4.50. The van der Waals surface area contributed by atoms with Gasteiger partial charge in [0.05, 0.1) is 7.11 Å². The zero-order valence-electron chi connectivity index (χ0n) is 12.0. The molecule has 1 N–H and O–H groups in total. The van der Waals surface area contributed by atoms with Crippen LogP contribution < -0.4 is 10.1 Å². The summed E-state index contributed by atoms with van der Waals surface area (Å²) in [6, 6.07) is 5.62. The topological polar surface area (TPSA) is 21.3 Å². The highest BCUT2D eigenvalue weighted by Crippen LogP contribution is 2.19. The number of likely N-dealkylation sites (N-methyl/N-ethyl adjacent to an activating group) is 1. The van der Waals surface area contributed by atoms with Crippen LogP contribution in [0.2, 0.25) is 0 Å². The minimum Gasteiger partial charge on any atom is -0.494 e. The van der Waals surface area contributed by atoms with Gasteiger partial charge in [0.25, 0.3) is 0 Å². The van der Waals surface area contributed by atoms with E-state index in [4.69, 9.17) is 4.74 Å². The SMILES string of the molecule is CCCSCC(Cc1ccc(OC)c(F)c1)NCC. The molecule has 1 aromatic rings. The third kappa shape index (κ3) is 5.83. The predicted octanol–water partition coefficient (Wildman–Crippen LogP) is 3.50. The number of halogens is 1. The van der Waals surface area contributed by atoms with Crippen LogP contribution in [-0.2, 0) is 6.42 Å². The monoisotopic (exact) mass is 285 g/mol. The van der Waals surface area contributed by atoms with E-state index in [1.54, 1.807) is 12.1 Å². The quantitative estimate of drug-likeness (QED) is 0.702. The van der Waals surface area contributed by atoms with Gasteiger partial charge in [0, 0.05) is 11.8 Å². The van der Waals surface area contributed by atoms with Crippen LogP contribution in [0.25, 0.3) is 0 Å².